The average Bonchev–Trinajstić information content (AvgIpc) is 2.69. The van der Waals surface area contributed by atoms with E-state index in [1.807, 2.05) is 18.7 Å². The molecule has 2 atom stereocenters. The highest BCUT2D eigenvalue weighted by molar-refractivity contribution is 7.99. The van der Waals surface area contributed by atoms with Gasteiger partial charge in [0.2, 0.25) is 0 Å². The van der Waals surface area contributed by atoms with E-state index in [-0.39, 0.29) is 11.9 Å². The van der Waals surface area contributed by atoms with Crippen molar-refractivity contribution in [3.8, 4) is 0 Å². The Kier molecular flexibility index (Phi) is 5.33. The third kappa shape index (κ3) is 3.88. The second kappa shape index (κ2) is 6.30. The highest BCUT2D eigenvalue weighted by Crippen LogP contribution is 2.20. The molecule has 0 aromatic rings. The molecule has 0 aliphatic carbocycles. The Morgan fingerprint density at radius 3 is 3.07 bits per heavy atom. The van der Waals surface area contributed by atoms with Gasteiger partial charge in [0.1, 0.15) is 0 Å². The lowest BCUT2D eigenvalue weighted by molar-refractivity contribution is -0.143. The monoisotopic (exact) mass is 218 g/mol. The van der Waals surface area contributed by atoms with Crippen molar-refractivity contribution in [2.24, 2.45) is 11.8 Å². The van der Waals surface area contributed by atoms with Gasteiger partial charge in [0, 0.05) is 12.4 Å². The summed E-state index contributed by atoms with van der Waals surface area (Å²) in [5.41, 5.74) is 0. The summed E-state index contributed by atoms with van der Waals surface area (Å²) >= 11 is 1.82. The molecule has 14 heavy (non-hydrogen) atoms. The average molecular weight is 218 g/mol. The Hall–Kier alpha value is -0.220. The van der Waals surface area contributed by atoms with Gasteiger partial charge in [0.05, 0.1) is 19.6 Å². The number of hydrogen-bond acceptors (Lipinski definition) is 4. The molecule has 0 aromatic carbocycles. The van der Waals surface area contributed by atoms with Gasteiger partial charge in [-0.2, -0.15) is 11.8 Å². The van der Waals surface area contributed by atoms with Crippen molar-refractivity contribution in [3.05, 3.63) is 0 Å². The predicted octanol–water partition coefficient (Wildman–Crippen LogP) is 1.57. The van der Waals surface area contributed by atoms with Gasteiger partial charge < -0.3 is 9.47 Å². The summed E-state index contributed by atoms with van der Waals surface area (Å²) in [6.45, 7) is 3.70. The first-order valence-corrected chi connectivity index (χ1v) is 6.12. The zero-order valence-electron chi connectivity index (χ0n) is 8.82. The van der Waals surface area contributed by atoms with Gasteiger partial charge in [0.15, 0.2) is 0 Å². The Balaban J connectivity index is 2.05. The van der Waals surface area contributed by atoms with Crippen molar-refractivity contribution in [1.29, 1.82) is 0 Å². The molecule has 1 rings (SSSR count). The molecule has 82 valence electrons. The summed E-state index contributed by atoms with van der Waals surface area (Å²) in [6.07, 6.45) is 1.17. The Morgan fingerprint density at radius 1 is 1.71 bits per heavy atom. The maximum Gasteiger partial charge on any atom is 0.309 e. The van der Waals surface area contributed by atoms with E-state index in [0.717, 1.165) is 24.7 Å². The third-order valence-electron chi connectivity index (χ3n) is 2.35. The van der Waals surface area contributed by atoms with Crippen LogP contribution in [0.4, 0.5) is 0 Å². The highest BCUT2D eigenvalue weighted by atomic mass is 32.2. The Bertz CT molecular complexity index is 178. The fraction of sp³-hybridized carbons (Fsp3) is 0.900. The van der Waals surface area contributed by atoms with Crippen molar-refractivity contribution < 1.29 is 14.3 Å². The molecule has 0 spiro atoms. The zero-order valence-corrected chi connectivity index (χ0v) is 9.64. The molecule has 0 N–H and O–H groups in total. The zero-order chi connectivity index (χ0) is 10.4. The molecule has 1 saturated heterocycles. The summed E-state index contributed by atoms with van der Waals surface area (Å²) in [6, 6.07) is 0. The SMILES string of the molecule is COC(=O)C(C)CSCC1CCOC1. The van der Waals surface area contributed by atoms with E-state index in [1.165, 1.54) is 13.5 Å². The lowest BCUT2D eigenvalue weighted by Crippen LogP contribution is -2.16. The van der Waals surface area contributed by atoms with E-state index < -0.39 is 0 Å². The fourth-order valence-corrected chi connectivity index (χ4v) is 2.62. The van der Waals surface area contributed by atoms with Crippen LogP contribution in [0, 0.1) is 11.8 Å². The summed E-state index contributed by atoms with van der Waals surface area (Å²) in [5, 5.41) is 0. The summed E-state index contributed by atoms with van der Waals surface area (Å²) in [4.78, 5) is 11.1. The lowest BCUT2D eigenvalue weighted by Gasteiger charge is -2.10. The minimum atomic E-state index is -0.111. The molecule has 0 amide bonds. The van der Waals surface area contributed by atoms with Crippen LogP contribution in [0.3, 0.4) is 0 Å². The van der Waals surface area contributed by atoms with Gasteiger partial charge in [0.25, 0.3) is 0 Å². The quantitative estimate of drug-likeness (QED) is 0.656. The van der Waals surface area contributed by atoms with Crippen LogP contribution < -0.4 is 0 Å². The number of hydrogen-bond donors (Lipinski definition) is 0. The molecule has 0 aromatic heterocycles. The van der Waals surface area contributed by atoms with Crippen molar-refractivity contribution in [2.45, 2.75) is 13.3 Å². The largest absolute Gasteiger partial charge is 0.469 e. The molecule has 0 radical (unpaired) electrons. The first-order valence-electron chi connectivity index (χ1n) is 4.97. The van der Waals surface area contributed by atoms with Gasteiger partial charge >= 0.3 is 5.97 Å². The number of thioether (sulfide) groups is 1. The van der Waals surface area contributed by atoms with E-state index in [0.29, 0.717) is 5.92 Å². The number of rotatable bonds is 5. The molecule has 2 unspecified atom stereocenters. The van der Waals surface area contributed by atoms with Crippen LogP contribution in [0.15, 0.2) is 0 Å². The van der Waals surface area contributed by atoms with E-state index in [1.54, 1.807) is 0 Å². The van der Waals surface area contributed by atoms with Gasteiger partial charge in [-0.05, 0) is 18.1 Å². The van der Waals surface area contributed by atoms with Crippen molar-refractivity contribution >= 4 is 17.7 Å². The third-order valence-corrected chi connectivity index (χ3v) is 3.79. The first kappa shape index (κ1) is 11.9. The van der Waals surface area contributed by atoms with Crippen molar-refractivity contribution in [3.63, 3.8) is 0 Å². The Morgan fingerprint density at radius 2 is 2.50 bits per heavy atom. The number of carbonyl (C=O) groups excluding carboxylic acids is 1. The molecule has 4 heteroatoms. The van der Waals surface area contributed by atoms with E-state index >= 15 is 0 Å². The fourth-order valence-electron chi connectivity index (χ4n) is 1.40. The highest BCUT2D eigenvalue weighted by Gasteiger charge is 2.17. The van der Waals surface area contributed by atoms with Crippen LogP contribution >= 0.6 is 11.8 Å². The molecule has 1 heterocycles. The van der Waals surface area contributed by atoms with Crippen LogP contribution in [0.25, 0.3) is 0 Å². The van der Waals surface area contributed by atoms with Gasteiger partial charge in [-0.1, -0.05) is 6.92 Å². The minimum absolute atomic E-state index is 0.00678. The molecule has 1 aliphatic rings. The summed E-state index contributed by atoms with van der Waals surface area (Å²) < 4.78 is 9.94. The smallest absolute Gasteiger partial charge is 0.309 e. The maximum absolute atomic E-state index is 11.1. The van der Waals surface area contributed by atoms with E-state index in [4.69, 9.17) is 4.74 Å². The maximum atomic E-state index is 11.1. The molecule has 1 fully saturated rings. The van der Waals surface area contributed by atoms with Gasteiger partial charge in [-0.3, -0.25) is 4.79 Å². The standard InChI is InChI=1S/C10H18O3S/c1-8(10(11)12-2)6-14-7-9-3-4-13-5-9/h8-9H,3-7H2,1-2H3. The number of carbonyl (C=O) groups is 1. The van der Waals surface area contributed by atoms with Gasteiger partial charge in [-0.15, -0.1) is 0 Å². The van der Waals surface area contributed by atoms with Crippen LogP contribution in [0.1, 0.15) is 13.3 Å². The molecule has 3 nitrogen and oxygen atoms in total. The minimum Gasteiger partial charge on any atom is -0.469 e. The van der Waals surface area contributed by atoms with E-state index in [2.05, 4.69) is 4.74 Å². The van der Waals surface area contributed by atoms with Crippen molar-refractivity contribution in [2.75, 3.05) is 31.8 Å². The molecule has 0 bridgehead atoms. The number of ether oxygens (including phenoxy) is 2. The predicted molar refractivity (Wildman–Crippen MR) is 57.4 cm³/mol. The van der Waals surface area contributed by atoms with Crippen LogP contribution in [0.5, 0.6) is 0 Å². The van der Waals surface area contributed by atoms with Crippen LogP contribution in [0.2, 0.25) is 0 Å². The lowest BCUT2D eigenvalue weighted by atomic mass is 10.2. The van der Waals surface area contributed by atoms with Crippen LogP contribution in [-0.2, 0) is 14.3 Å². The second-order valence-corrected chi connectivity index (χ2v) is 4.77. The normalized spacial score (nSPS) is 23.4. The van der Waals surface area contributed by atoms with Crippen LogP contribution in [-0.4, -0.2) is 37.8 Å². The van der Waals surface area contributed by atoms with Crippen molar-refractivity contribution in [1.82, 2.24) is 0 Å². The topological polar surface area (TPSA) is 35.5 Å². The number of esters is 1. The number of methoxy groups -OCH3 is 1. The van der Waals surface area contributed by atoms with Gasteiger partial charge in [-0.25, -0.2) is 0 Å². The first-order chi connectivity index (χ1) is 6.74. The molecule has 0 saturated carbocycles. The molecular weight excluding hydrogens is 200 g/mol. The summed E-state index contributed by atoms with van der Waals surface area (Å²) in [7, 11) is 1.44. The van der Waals surface area contributed by atoms with E-state index in [9.17, 15) is 4.79 Å². The summed E-state index contributed by atoms with van der Waals surface area (Å²) in [5.74, 6) is 2.53. The Labute approximate surface area is 89.5 Å². The molecular formula is C10H18O3S. The molecule has 1 aliphatic heterocycles. The second-order valence-electron chi connectivity index (χ2n) is 3.69.